The molecule has 2 aliphatic rings. The summed E-state index contributed by atoms with van der Waals surface area (Å²) in [4.78, 5) is 11.7. The molecule has 3 N–H and O–H groups in total. The predicted molar refractivity (Wildman–Crippen MR) is 195 cm³/mol. The number of aliphatic hydroxyl groups excluding tert-OH is 1. The van der Waals surface area contributed by atoms with Crippen LogP contribution in [0.5, 0.6) is 0 Å². The van der Waals surface area contributed by atoms with Gasteiger partial charge in [0.2, 0.25) is 5.95 Å². The van der Waals surface area contributed by atoms with E-state index in [1.165, 1.54) is 44.6 Å². The Hall–Kier alpha value is -2.76. The van der Waals surface area contributed by atoms with Crippen molar-refractivity contribution in [2.24, 2.45) is 11.7 Å². The zero-order valence-electron chi connectivity index (χ0n) is 28.4. The molecule has 1 fully saturated rings. The van der Waals surface area contributed by atoms with Gasteiger partial charge in [-0.25, -0.2) is 14.4 Å². The molecule has 250 valence electrons. The molecule has 4 rings (SSSR count). The lowest BCUT2D eigenvalue weighted by Crippen LogP contribution is -2.24. The average Bonchev–Trinajstić information content (AvgIpc) is 3.67. The second-order valence-electron chi connectivity index (χ2n) is 12.1. The molecule has 0 radical (unpaired) electrons. The van der Waals surface area contributed by atoms with Crippen LogP contribution in [0.1, 0.15) is 103 Å². The monoisotopic (exact) mass is 667 g/mol. The summed E-state index contributed by atoms with van der Waals surface area (Å²) < 4.78 is 21.1. The van der Waals surface area contributed by atoms with Gasteiger partial charge in [0.25, 0.3) is 0 Å². The third-order valence-corrected chi connectivity index (χ3v) is 10.0. The number of aromatic nitrogens is 2. The standard InChI is InChI=1S/C28H33FN5O2PS.C8H18/c1-6-14(3)23(17(8-30)27(21(29)7-2)38-16(5)31)24-20-13-36-12-19(20)18-9-32-28(33-25(18)26(24)37)34-10-15(4)22(35)11-34;1-3-5-7-8-6-4-2/h7,9,15,22,35H,5-6,10-13,31,37H2,1-4H3;3-8H2,1-2H3/b21-7+,23-14-,27-17+;. The Morgan fingerprint density at radius 3 is 2.39 bits per heavy atom. The zero-order chi connectivity index (χ0) is 34.0. The number of aliphatic hydroxyl groups is 1. The number of ether oxygens (including phenoxy) is 1. The quantitative estimate of drug-likeness (QED) is 0.101. The molecule has 0 bridgehead atoms. The van der Waals surface area contributed by atoms with Gasteiger partial charge in [0, 0.05) is 41.5 Å². The molecule has 3 unspecified atom stereocenters. The fourth-order valence-corrected chi connectivity index (χ4v) is 7.07. The van der Waals surface area contributed by atoms with Crippen LogP contribution in [0.15, 0.2) is 45.8 Å². The van der Waals surface area contributed by atoms with Gasteiger partial charge in [-0.2, -0.15) is 5.26 Å². The summed E-state index contributed by atoms with van der Waals surface area (Å²) in [6.45, 7) is 17.7. The number of fused-ring (bicyclic) bond motifs is 3. The molecule has 3 heterocycles. The number of hydrogen-bond donors (Lipinski definition) is 2. The molecule has 0 saturated carbocycles. The van der Waals surface area contributed by atoms with Crippen LogP contribution in [0.3, 0.4) is 0 Å². The van der Waals surface area contributed by atoms with Crippen molar-refractivity contribution in [2.75, 3.05) is 18.0 Å². The molecule has 0 amide bonds. The highest BCUT2D eigenvalue weighted by Gasteiger charge is 2.32. The van der Waals surface area contributed by atoms with Gasteiger partial charge in [0.1, 0.15) is 11.9 Å². The van der Waals surface area contributed by atoms with Crippen LogP contribution in [0.2, 0.25) is 0 Å². The number of thioether (sulfide) groups is 1. The van der Waals surface area contributed by atoms with E-state index < -0.39 is 11.9 Å². The van der Waals surface area contributed by atoms with Crippen molar-refractivity contribution in [2.45, 2.75) is 106 Å². The van der Waals surface area contributed by atoms with Crippen LogP contribution < -0.4 is 15.9 Å². The van der Waals surface area contributed by atoms with Gasteiger partial charge in [-0.1, -0.05) is 96.2 Å². The Bertz CT molecular complexity index is 1530. The van der Waals surface area contributed by atoms with E-state index in [0.717, 1.165) is 50.2 Å². The smallest absolute Gasteiger partial charge is 0.225 e. The summed E-state index contributed by atoms with van der Waals surface area (Å²) in [5.41, 5.74) is 11.1. The van der Waals surface area contributed by atoms with Crippen LogP contribution in [0, 0.1) is 17.2 Å². The van der Waals surface area contributed by atoms with Gasteiger partial charge in [0.15, 0.2) is 0 Å². The predicted octanol–water partition coefficient (Wildman–Crippen LogP) is 8.34. The summed E-state index contributed by atoms with van der Waals surface area (Å²) in [5, 5.41) is 22.5. The summed E-state index contributed by atoms with van der Waals surface area (Å²) >= 11 is 0.947. The second kappa shape index (κ2) is 18.0. The molecule has 46 heavy (non-hydrogen) atoms. The number of anilines is 1. The van der Waals surface area contributed by atoms with E-state index in [9.17, 15) is 10.4 Å². The maximum atomic E-state index is 15.2. The van der Waals surface area contributed by atoms with Crippen molar-refractivity contribution in [1.29, 1.82) is 5.26 Å². The Labute approximate surface area is 281 Å². The van der Waals surface area contributed by atoms with Gasteiger partial charge < -0.3 is 20.5 Å². The molecule has 0 aliphatic carbocycles. The fraction of sp³-hybridized carbons (Fsp3) is 0.528. The van der Waals surface area contributed by atoms with Gasteiger partial charge in [-0.3, -0.25) is 0 Å². The number of halogens is 1. The maximum absolute atomic E-state index is 15.2. The van der Waals surface area contributed by atoms with Crippen molar-refractivity contribution in [3.8, 4) is 6.07 Å². The van der Waals surface area contributed by atoms with Crippen LogP contribution in [-0.4, -0.2) is 34.3 Å². The number of rotatable bonds is 12. The van der Waals surface area contributed by atoms with Crippen molar-refractivity contribution >= 4 is 48.7 Å². The minimum absolute atomic E-state index is 0.119. The van der Waals surface area contributed by atoms with E-state index in [1.807, 2.05) is 31.9 Å². The molecular weight excluding hydrogens is 616 g/mol. The van der Waals surface area contributed by atoms with E-state index in [4.69, 9.17) is 15.5 Å². The van der Waals surface area contributed by atoms with Crippen LogP contribution in [0.25, 0.3) is 16.5 Å². The summed E-state index contributed by atoms with van der Waals surface area (Å²) in [6, 6.07) is 2.27. The molecule has 3 atom stereocenters. The highest BCUT2D eigenvalue weighted by atomic mass is 32.2. The van der Waals surface area contributed by atoms with Gasteiger partial charge >= 0.3 is 0 Å². The average molecular weight is 668 g/mol. The highest BCUT2D eigenvalue weighted by Crippen LogP contribution is 2.43. The zero-order valence-corrected chi connectivity index (χ0v) is 30.4. The first-order valence-corrected chi connectivity index (χ1v) is 17.8. The maximum Gasteiger partial charge on any atom is 0.225 e. The third-order valence-electron chi connectivity index (χ3n) is 8.60. The number of β-amino-alcohol motifs (C(OH)–C–C–N with tert-alkyl or cyclic N) is 1. The van der Waals surface area contributed by atoms with Crippen LogP contribution in [-0.2, 0) is 18.0 Å². The highest BCUT2D eigenvalue weighted by molar-refractivity contribution is 8.06. The van der Waals surface area contributed by atoms with Crippen molar-refractivity contribution in [3.63, 3.8) is 0 Å². The number of nitrogens with zero attached hydrogens (tertiary/aromatic N) is 4. The van der Waals surface area contributed by atoms with E-state index in [-0.39, 0.29) is 21.4 Å². The molecule has 0 spiro atoms. The van der Waals surface area contributed by atoms with E-state index >= 15 is 4.39 Å². The van der Waals surface area contributed by atoms with E-state index in [2.05, 4.69) is 40.7 Å². The minimum Gasteiger partial charge on any atom is -0.394 e. The van der Waals surface area contributed by atoms with Gasteiger partial charge in [-0.15, -0.1) is 9.24 Å². The number of benzene rings is 1. The SMILES string of the molecule is C=C(N)SC(=C(C#N)/C(=C(\C)CC)c1c2c(c3cnc(N4CC(C)C(O)C4)nc3c1P)COC2)/C(F)=C\C.CCCCCCCC. The topological polar surface area (TPSA) is 108 Å². The summed E-state index contributed by atoms with van der Waals surface area (Å²) in [7, 11) is 2.79. The van der Waals surface area contributed by atoms with Crippen molar-refractivity contribution in [3.05, 3.63) is 62.4 Å². The molecule has 7 nitrogen and oxygen atoms in total. The summed E-state index contributed by atoms with van der Waals surface area (Å²) in [6.07, 6.45) is 11.8. The lowest BCUT2D eigenvalue weighted by Gasteiger charge is -2.22. The van der Waals surface area contributed by atoms with Crippen LogP contribution in [0.4, 0.5) is 10.3 Å². The molecule has 1 aromatic carbocycles. The van der Waals surface area contributed by atoms with Gasteiger partial charge in [-0.05, 0) is 37.0 Å². The molecule has 2 aromatic rings. The Morgan fingerprint density at radius 2 is 1.87 bits per heavy atom. The largest absolute Gasteiger partial charge is 0.394 e. The Morgan fingerprint density at radius 1 is 1.22 bits per heavy atom. The Balaban J connectivity index is 0.000000637. The number of allylic oxidation sites excluding steroid dienone is 5. The van der Waals surface area contributed by atoms with Crippen molar-refractivity contribution < 1.29 is 14.2 Å². The normalized spacial score (nSPS) is 18.9. The second-order valence-corrected chi connectivity index (χ2v) is 13.8. The molecule has 1 saturated heterocycles. The number of nitriles is 1. The van der Waals surface area contributed by atoms with E-state index in [0.29, 0.717) is 44.2 Å². The molecular formula is C36H51FN5O2PS. The van der Waals surface area contributed by atoms with Crippen molar-refractivity contribution in [1.82, 2.24) is 9.97 Å². The summed E-state index contributed by atoms with van der Waals surface area (Å²) in [5.74, 6) is 0.122. The first-order chi connectivity index (χ1) is 22.0. The minimum atomic E-state index is -0.537. The fourth-order valence-electron chi connectivity index (χ4n) is 5.81. The lowest BCUT2D eigenvalue weighted by atomic mass is 9.86. The first-order valence-electron chi connectivity index (χ1n) is 16.4. The first kappa shape index (κ1) is 37.7. The lowest BCUT2D eigenvalue weighted by molar-refractivity contribution is 0.135. The number of hydrogen-bond acceptors (Lipinski definition) is 8. The number of unbranched alkanes of at least 4 members (excludes halogenated alkanes) is 5. The third kappa shape index (κ3) is 8.77. The molecule has 10 heteroatoms. The van der Waals surface area contributed by atoms with Gasteiger partial charge in [0.05, 0.1) is 40.3 Å². The van der Waals surface area contributed by atoms with E-state index in [1.54, 1.807) is 6.92 Å². The molecule has 1 aromatic heterocycles. The number of nitrogens with two attached hydrogens (primary N) is 1. The Kier molecular flexibility index (Phi) is 14.7. The van der Waals surface area contributed by atoms with Crippen LogP contribution >= 0.6 is 21.0 Å². The molecule has 2 aliphatic heterocycles.